The van der Waals surface area contributed by atoms with Crippen molar-refractivity contribution in [2.45, 2.75) is 53.0 Å². The molecule has 1 N–H and O–H groups in total. The topological polar surface area (TPSA) is 38.3 Å². The van der Waals surface area contributed by atoms with Gasteiger partial charge in [0.15, 0.2) is 0 Å². The van der Waals surface area contributed by atoms with Crippen molar-refractivity contribution in [3.8, 4) is 5.75 Å². The van der Waals surface area contributed by atoms with Gasteiger partial charge in [0.2, 0.25) is 0 Å². The van der Waals surface area contributed by atoms with Crippen molar-refractivity contribution in [1.82, 2.24) is 5.32 Å². The summed E-state index contributed by atoms with van der Waals surface area (Å²) in [5, 5.41) is 3.05. The molecule has 0 aliphatic heterocycles. The summed E-state index contributed by atoms with van der Waals surface area (Å²) in [5.74, 6) is 1.45. The Kier molecular flexibility index (Phi) is 6.56. The molecule has 20 heavy (non-hydrogen) atoms. The van der Waals surface area contributed by atoms with Gasteiger partial charge in [-0.25, -0.2) is 0 Å². The lowest BCUT2D eigenvalue weighted by Gasteiger charge is -2.15. The van der Waals surface area contributed by atoms with Crippen LogP contribution in [0.3, 0.4) is 0 Å². The van der Waals surface area contributed by atoms with Crippen LogP contribution in [0.5, 0.6) is 5.75 Å². The molecule has 0 bridgehead atoms. The van der Waals surface area contributed by atoms with E-state index in [1.165, 1.54) is 6.42 Å². The number of aryl methyl sites for hydroxylation is 1. The Balaban J connectivity index is 2.53. The predicted octanol–water partition coefficient (Wildman–Crippen LogP) is 3.95. The van der Waals surface area contributed by atoms with E-state index < -0.39 is 0 Å². The first-order valence-corrected chi connectivity index (χ1v) is 7.39. The van der Waals surface area contributed by atoms with Crippen LogP contribution in [0.25, 0.3) is 0 Å². The third-order valence-electron chi connectivity index (χ3n) is 3.47. The van der Waals surface area contributed by atoms with Crippen LogP contribution in [-0.4, -0.2) is 19.1 Å². The predicted molar refractivity (Wildman–Crippen MR) is 83.3 cm³/mol. The molecule has 0 aliphatic carbocycles. The molecule has 0 radical (unpaired) electrons. The third kappa shape index (κ3) is 5.24. The van der Waals surface area contributed by atoms with Crippen molar-refractivity contribution in [1.29, 1.82) is 0 Å². The average Bonchev–Trinajstić information content (AvgIpc) is 2.38. The van der Waals surface area contributed by atoms with Gasteiger partial charge in [-0.3, -0.25) is 4.79 Å². The molecule has 112 valence electrons. The molecule has 1 amide bonds. The minimum Gasteiger partial charge on any atom is -0.496 e. The highest BCUT2D eigenvalue weighted by Gasteiger charge is 2.11. The Morgan fingerprint density at radius 1 is 1.25 bits per heavy atom. The maximum Gasteiger partial charge on any atom is 0.251 e. The Morgan fingerprint density at radius 2 is 1.95 bits per heavy atom. The zero-order chi connectivity index (χ0) is 15.1. The van der Waals surface area contributed by atoms with Gasteiger partial charge in [-0.15, -0.1) is 0 Å². The molecule has 0 fully saturated rings. The minimum atomic E-state index is -0.0275. The van der Waals surface area contributed by atoms with E-state index in [1.807, 2.05) is 19.1 Å². The van der Waals surface area contributed by atoms with E-state index in [9.17, 15) is 4.79 Å². The second-order valence-electron chi connectivity index (χ2n) is 5.88. The van der Waals surface area contributed by atoms with Crippen molar-refractivity contribution in [2.75, 3.05) is 7.11 Å². The van der Waals surface area contributed by atoms with Crippen molar-refractivity contribution >= 4 is 5.91 Å². The molecule has 1 atom stereocenters. The van der Waals surface area contributed by atoms with Crippen LogP contribution in [0.15, 0.2) is 18.2 Å². The highest BCUT2D eigenvalue weighted by molar-refractivity contribution is 5.94. The number of benzene rings is 1. The summed E-state index contributed by atoms with van der Waals surface area (Å²) in [6.45, 7) is 8.47. The minimum absolute atomic E-state index is 0.0275. The lowest BCUT2D eigenvalue weighted by Crippen LogP contribution is -2.32. The summed E-state index contributed by atoms with van der Waals surface area (Å²) in [4.78, 5) is 12.2. The van der Waals surface area contributed by atoms with Crippen LogP contribution < -0.4 is 10.1 Å². The molecule has 3 nitrogen and oxygen atoms in total. The number of nitrogens with one attached hydrogen (secondary N) is 1. The summed E-state index contributed by atoms with van der Waals surface area (Å²) in [7, 11) is 1.62. The quantitative estimate of drug-likeness (QED) is 0.819. The first-order valence-electron chi connectivity index (χ1n) is 7.39. The van der Waals surface area contributed by atoms with E-state index in [-0.39, 0.29) is 11.9 Å². The van der Waals surface area contributed by atoms with Gasteiger partial charge in [-0.1, -0.05) is 32.8 Å². The second-order valence-corrected chi connectivity index (χ2v) is 5.88. The Labute approximate surface area is 122 Å². The number of carbonyl (C=O) groups excluding carboxylic acids is 1. The van der Waals surface area contributed by atoms with Crippen molar-refractivity contribution in [2.24, 2.45) is 5.92 Å². The monoisotopic (exact) mass is 277 g/mol. The molecule has 1 unspecified atom stereocenters. The van der Waals surface area contributed by atoms with Crippen LogP contribution in [0, 0.1) is 12.8 Å². The van der Waals surface area contributed by atoms with Crippen molar-refractivity contribution in [3.05, 3.63) is 29.3 Å². The van der Waals surface area contributed by atoms with Crippen LogP contribution in [0.4, 0.5) is 0 Å². The normalized spacial score (nSPS) is 12.3. The van der Waals surface area contributed by atoms with Gasteiger partial charge in [-0.2, -0.15) is 0 Å². The van der Waals surface area contributed by atoms with Crippen LogP contribution in [0.2, 0.25) is 0 Å². The highest BCUT2D eigenvalue weighted by atomic mass is 16.5. The third-order valence-corrected chi connectivity index (χ3v) is 3.47. The fourth-order valence-electron chi connectivity index (χ4n) is 2.17. The standard InChI is InChI=1S/C17H27NO2/c1-12(2)7-6-8-14(4)18-17(19)15-10-9-13(3)16(11-15)20-5/h9-12,14H,6-8H2,1-5H3,(H,18,19). The smallest absolute Gasteiger partial charge is 0.251 e. The van der Waals surface area contributed by atoms with Gasteiger partial charge in [0.25, 0.3) is 5.91 Å². The first-order chi connectivity index (χ1) is 9.43. The molecule has 0 aromatic heterocycles. The number of ether oxygens (including phenoxy) is 1. The van der Waals surface area contributed by atoms with Gasteiger partial charge in [0.1, 0.15) is 5.75 Å². The van der Waals surface area contributed by atoms with E-state index in [4.69, 9.17) is 4.74 Å². The summed E-state index contributed by atoms with van der Waals surface area (Å²) < 4.78 is 5.25. The molecule has 0 saturated heterocycles. The first kappa shape index (κ1) is 16.5. The van der Waals surface area contributed by atoms with Gasteiger partial charge >= 0.3 is 0 Å². The summed E-state index contributed by atoms with van der Waals surface area (Å²) in [6, 6.07) is 5.75. The second kappa shape index (κ2) is 7.93. The Bertz CT molecular complexity index is 441. The largest absolute Gasteiger partial charge is 0.496 e. The molecule has 1 rings (SSSR count). The fraction of sp³-hybridized carbons (Fsp3) is 0.588. The van der Waals surface area contributed by atoms with Gasteiger partial charge in [0, 0.05) is 11.6 Å². The van der Waals surface area contributed by atoms with Crippen molar-refractivity contribution < 1.29 is 9.53 Å². The maximum absolute atomic E-state index is 12.2. The Morgan fingerprint density at radius 3 is 2.55 bits per heavy atom. The molecule has 0 aliphatic rings. The molecule has 0 saturated carbocycles. The number of carbonyl (C=O) groups is 1. The molecule has 1 aromatic rings. The number of hydrogen-bond acceptors (Lipinski definition) is 2. The summed E-state index contributed by atoms with van der Waals surface area (Å²) in [6.07, 6.45) is 3.38. The zero-order valence-corrected chi connectivity index (χ0v) is 13.3. The van der Waals surface area contributed by atoms with Crippen LogP contribution in [0.1, 0.15) is 56.0 Å². The zero-order valence-electron chi connectivity index (χ0n) is 13.3. The molecule has 0 heterocycles. The van der Waals surface area contributed by atoms with E-state index in [0.29, 0.717) is 5.56 Å². The Hall–Kier alpha value is -1.51. The number of amides is 1. The van der Waals surface area contributed by atoms with Gasteiger partial charge in [0.05, 0.1) is 7.11 Å². The number of methoxy groups -OCH3 is 1. The van der Waals surface area contributed by atoms with E-state index in [1.54, 1.807) is 13.2 Å². The van der Waals surface area contributed by atoms with Crippen molar-refractivity contribution in [3.63, 3.8) is 0 Å². The van der Waals surface area contributed by atoms with Crippen LogP contribution >= 0.6 is 0 Å². The van der Waals surface area contributed by atoms with E-state index >= 15 is 0 Å². The molecular weight excluding hydrogens is 250 g/mol. The SMILES string of the molecule is COc1cc(C(=O)NC(C)CCCC(C)C)ccc1C. The average molecular weight is 277 g/mol. The van der Waals surface area contributed by atoms with E-state index in [0.717, 1.165) is 30.1 Å². The van der Waals surface area contributed by atoms with E-state index in [2.05, 4.69) is 26.1 Å². The highest BCUT2D eigenvalue weighted by Crippen LogP contribution is 2.19. The summed E-state index contributed by atoms with van der Waals surface area (Å²) >= 11 is 0. The fourth-order valence-corrected chi connectivity index (χ4v) is 2.17. The maximum atomic E-state index is 12.2. The number of hydrogen-bond donors (Lipinski definition) is 1. The molecular formula is C17H27NO2. The number of rotatable bonds is 7. The van der Waals surface area contributed by atoms with Gasteiger partial charge in [-0.05, 0) is 43.9 Å². The van der Waals surface area contributed by atoms with Crippen LogP contribution in [-0.2, 0) is 0 Å². The molecule has 3 heteroatoms. The molecule has 0 spiro atoms. The summed E-state index contributed by atoms with van der Waals surface area (Å²) in [5.41, 5.74) is 1.69. The lowest BCUT2D eigenvalue weighted by atomic mass is 10.0. The molecule has 1 aromatic carbocycles. The lowest BCUT2D eigenvalue weighted by molar-refractivity contribution is 0.0937. The van der Waals surface area contributed by atoms with Gasteiger partial charge < -0.3 is 10.1 Å².